The van der Waals surface area contributed by atoms with E-state index in [4.69, 9.17) is 5.11 Å². The molecule has 0 spiro atoms. The van der Waals surface area contributed by atoms with Gasteiger partial charge in [0.15, 0.2) is 0 Å². The Morgan fingerprint density at radius 1 is 0.727 bits per heavy atom. The molecule has 1 nitrogen and oxygen atoms in total. The number of aliphatic hydroxyl groups excluding tert-OH is 1. The van der Waals surface area contributed by atoms with Gasteiger partial charge in [0.2, 0.25) is 0 Å². The Bertz CT molecular complexity index is 20.1. The summed E-state index contributed by atoms with van der Waals surface area (Å²) in [5.74, 6) is 0. The molecule has 0 saturated carbocycles. The van der Waals surface area contributed by atoms with E-state index in [0.717, 1.165) is 6.42 Å². The van der Waals surface area contributed by atoms with Crippen molar-refractivity contribution in [1.29, 1.82) is 0 Å². The van der Waals surface area contributed by atoms with Crippen molar-refractivity contribution in [1.82, 2.24) is 0 Å². The molecular formula is C10H26O. The molecule has 0 fully saturated rings. The summed E-state index contributed by atoms with van der Waals surface area (Å²) in [6, 6.07) is 0. The van der Waals surface area contributed by atoms with Crippen molar-refractivity contribution in [3.8, 4) is 0 Å². The first kappa shape index (κ1) is 17.2. The van der Waals surface area contributed by atoms with Gasteiger partial charge >= 0.3 is 0 Å². The van der Waals surface area contributed by atoms with Gasteiger partial charge in [-0.15, -0.1) is 0 Å². The predicted octanol–water partition coefficient (Wildman–Crippen LogP) is 3.61. The average Bonchev–Trinajstić information content (AvgIpc) is 2.06. The minimum atomic E-state index is 0.319. The third kappa shape index (κ3) is 164. The highest BCUT2D eigenvalue weighted by Crippen LogP contribution is 1.76. The minimum absolute atomic E-state index is 0.319. The van der Waals surface area contributed by atoms with E-state index in [9.17, 15) is 0 Å². The summed E-state index contributed by atoms with van der Waals surface area (Å²) in [7, 11) is 0. The van der Waals surface area contributed by atoms with Gasteiger partial charge in [0.25, 0.3) is 0 Å². The highest BCUT2D eigenvalue weighted by atomic mass is 16.2. The molecule has 0 amide bonds. The van der Waals surface area contributed by atoms with Crippen LogP contribution in [0.25, 0.3) is 0 Å². The number of aliphatic hydroxyl groups is 1. The molecule has 0 radical (unpaired) electrons. The third-order valence-electron chi connectivity index (χ3n) is 0.724. The number of rotatable bonds is 2. The molecule has 0 unspecified atom stereocenters. The van der Waals surface area contributed by atoms with E-state index in [-0.39, 0.29) is 0 Å². The fourth-order valence-electron chi connectivity index (χ4n) is 0. The van der Waals surface area contributed by atoms with E-state index in [1.807, 2.05) is 6.92 Å². The highest BCUT2D eigenvalue weighted by Gasteiger charge is 1.57. The van der Waals surface area contributed by atoms with Crippen LogP contribution in [0.3, 0.4) is 0 Å². The van der Waals surface area contributed by atoms with E-state index >= 15 is 0 Å². The van der Waals surface area contributed by atoms with Crippen molar-refractivity contribution < 1.29 is 5.11 Å². The van der Waals surface area contributed by atoms with Crippen LogP contribution in [0.1, 0.15) is 60.3 Å². The molecule has 0 aromatic carbocycles. The molecule has 0 aliphatic heterocycles. The lowest BCUT2D eigenvalue weighted by molar-refractivity contribution is 0.295. The Morgan fingerprint density at radius 3 is 0.909 bits per heavy atom. The zero-order chi connectivity index (χ0) is 9.54. The van der Waals surface area contributed by atoms with Crippen molar-refractivity contribution in [2.24, 2.45) is 0 Å². The Hall–Kier alpha value is -0.0400. The van der Waals surface area contributed by atoms with Gasteiger partial charge in [0, 0.05) is 6.61 Å². The highest BCUT2D eigenvalue weighted by molar-refractivity contribution is 4.12. The summed E-state index contributed by atoms with van der Waals surface area (Å²) in [6.45, 7) is 10.9. The van der Waals surface area contributed by atoms with Crippen LogP contribution in [-0.4, -0.2) is 11.7 Å². The molecule has 72 valence electrons. The molecule has 1 N–H and O–H groups in total. The molecule has 0 heterocycles. The summed E-state index contributed by atoms with van der Waals surface area (Å²) in [6.07, 6.45) is 4.76. The standard InChI is InChI=1S/C4H10.C3H8O.C3H8/c1-3-4-2;1-2-3-4;1-3-2/h3-4H2,1-2H3;4H,2-3H2,1H3;3H2,1-2H3. The molecule has 1 heteroatoms. The van der Waals surface area contributed by atoms with E-state index < -0.39 is 0 Å². The summed E-state index contributed by atoms with van der Waals surface area (Å²) in [5, 5.41) is 7.88. The first-order chi connectivity index (χ1) is 5.24. The number of unbranched alkanes of at least 4 members (excludes halogenated alkanes) is 1. The van der Waals surface area contributed by atoms with Crippen molar-refractivity contribution >= 4 is 0 Å². The summed E-state index contributed by atoms with van der Waals surface area (Å²) in [4.78, 5) is 0. The Morgan fingerprint density at radius 2 is 0.909 bits per heavy atom. The molecule has 0 rings (SSSR count). The maximum Gasteiger partial charge on any atom is 0.0428 e. The van der Waals surface area contributed by atoms with Crippen LogP contribution in [0.15, 0.2) is 0 Å². The molecule has 11 heavy (non-hydrogen) atoms. The van der Waals surface area contributed by atoms with E-state index in [0.29, 0.717) is 6.61 Å². The second-order valence-electron chi connectivity index (χ2n) is 2.43. The van der Waals surface area contributed by atoms with Gasteiger partial charge in [-0.25, -0.2) is 0 Å². The largest absolute Gasteiger partial charge is 0.396 e. The number of hydrogen-bond donors (Lipinski definition) is 1. The van der Waals surface area contributed by atoms with Crippen molar-refractivity contribution in [3.05, 3.63) is 0 Å². The second kappa shape index (κ2) is 32.5. The van der Waals surface area contributed by atoms with Crippen molar-refractivity contribution in [3.63, 3.8) is 0 Å². The lowest BCUT2D eigenvalue weighted by Crippen LogP contribution is -1.69. The van der Waals surface area contributed by atoms with Gasteiger partial charge in [0.1, 0.15) is 0 Å². The molecule has 0 bridgehead atoms. The Kier molecular flexibility index (Phi) is 50.7. The first-order valence-electron chi connectivity index (χ1n) is 4.85. The molecule has 0 atom stereocenters. The van der Waals surface area contributed by atoms with Crippen molar-refractivity contribution in [2.75, 3.05) is 6.61 Å². The lowest BCUT2D eigenvalue weighted by Gasteiger charge is -1.69. The molecule has 0 saturated heterocycles. The zero-order valence-electron chi connectivity index (χ0n) is 8.98. The Labute approximate surface area is 72.8 Å². The van der Waals surface area contributed by atoms with Gasteiger partial charge in [0.05, 0.1) is 0 Å². The van der Waals surface area contributed by atoms with Gasteiger partial charge in [-0.1, -0.05) is 53.9 Å². The van der Waals surface area contributed by atoms with Crippen LogP contribution >= 0.6 is 0 Å². The van der Waals surface area contributed by atoms with Gasteiger partial charge in [-0.05, 0) is 6.42 Å². The maximum absolute atomic E-state index is 7.88. The fraction of sp³-hybridized carbons (Fsp3) is 1.00. The quantitative estimate of drug-likeness (QED) is 0.657. The maximum atomic E-state index is 7.88. The SMILES string of the molecule is CCC.CCCC.CCCO. The van der Waals surface area contributed by atoms with Gasteiger partial charge < -0.3 is 5.11 Å². The topological polar surface area (TPSA) is 20.2 Å². The molecule has 0 aliphatic rings. The average molecular weight is 162 g/mol. The van der Waals surface area contributed by atoms with Crippen LogP contribution in [0.4, 0.5) is 0 Å². The third-order valence-corrected chi connectivity index (χ3v) is 0.724. The number of hydrogen-bond acceptors (Lipinski definition) is 1. The van der Waals surface area contributed by atoms with Gasteiger partial charge in [-0.2, -0.15) is 0 Å². The summed E-state index contributed by atoms with van der Waals surface area (Å²) < 4.78 is 0. The predicted molar refractivity (Wildman–Crippen MR) is 53.9 cm³/mol. The molecule has 0 aliphatic carbocycles. The summed E-state index contributed by atoms with van der Waals surface area (Å²) in [5.41, 5.74) is 0. The van der Waals surface area contributed by atoms with Gasteiger partial charge in [-0.3, -0.25) is 0 Å². The van der Waals surface area contributed by atoms with E-state index in [1.165, 1.54) is 19.3 Å². The van der Waals surface area contributed by atoms with Crippen molar-refractivity contribution in [2.45, 2.75) is 60.3 Å². The zero-order valence-corrected chi connectivity index (χ0v) is 8.98. The molecule has 0 aromatic rings. The van der Waals surface area contributed by atoms with E-state index in [1.54, 1.807) is 0 Å². The normalized spacial score (nSPS) is 7.09. The van der Waals surface area contributed by atoms with Crippen LogP contribution in [0.2, 0.25) is 0 Å². The van der Waals surface area contributed by atoms with Crippen LogP contribution in [-0.2, 0) is 0 Å². The monoisotopic (exact) mass is 162 g/mol. The summed E-state index contributed by atoms with van der Waals surface area (Å²) >= 11 is 0. The lowest BCUT2D eigenvalue weighted by atomic mass is 10.4. The second-order valence-corrected chi connectivity index (χ2v) is 2.43. The van der Waals surface area contributed by atoms with Crippen LogP contribution < -0.4 is 0 Å². The Balaban J connectivity index is -0.0000000886. The van der Waals surface area contributed by atoms with Crippen LogP contribution in [0, 0.1) is 0 Å². The smallest absolute Gasteiger partial charge is 0.0428 e. The fourth-order valence-corrected chi connectivity index (χ4v) is 0. The minimum Gasteiger partial charge on any atom is -0.396 e. The molecular weight excluding hydrogens is 136 g/mol. The molecule has 0 aromatic heterocycles. The van der Waals surface area contributed by atoms with Crippen LogP contribution in [0.5, 0.6) is 0 Å². The first-order valence-corrected chi connectivity index (χ1v) is 4.85. The van der Waals surface area contributed by atoms with E-state index in [2.05, 4.69) is 27.7 Å².